The third-order valence-electron chi connectivity index (χ3n) is 5.45. The Morgan fingerprint density at radius 2 is 2.08 bits per heavy atom. The van der Waals surface area contributed by atoms with Crippen molar-refractivity contribution in [3.05, 3.63) is 48.5 Å². The predicted molar refractivity (Wildman–Crippen MR) is 98.6 cm³/mol. The van der Waals surface area contributed by atoms with E-state index in [2.05, 4.69) is 39.5 Å². The molecule has 1 aliphatic rings. The van der Waals surface area contributed by atoms with Crippen molar-refractivity contribution in [2.45, 2.75) is 24.9 Å². The predicted octanol–water partition coefficient (Wildman–Crippen LogP) is 4.01. The van der Waals surface area contributed by atoms with Gasteiger partial charge in [0, 0.05) is 49.1 Å². The Kier molecular flexibility index (Phi) is 3.18. The number of rotatable bonds is 3. The maximum Gasteiger partial charge on any atom is 0.138 e. The molecular formula is C20H20N4O. The van der Waals surface area contributed by atoms with Crippen molar-refractivity contribution in [2.75, 3.05) is 7.11 Å². The summed E-state index contributed by atoms with van der Waals surface area (Å²) in [4.78, 5) is 7.97. The molecule has 126 valence electrons. The summed E-state index contributed by atoms with van der Waals surface area (Å²) in [6.07, 6.45) is 10.6. The Morgan fingerprint density at radius 1 is 1.20 bits per heavy atom. The number of pyridine rings is 1. The number of hydrogen-bond donors (Lipinski definition) is 1. The first kappa shape index (κ1) is 14.7. The number of aromatic amines is 1. The molecule has 1 aromatic carbocycles. The molecule has 3 aromatic heterocycles. The van der Waals surface area contributed by atoms with Crippen LogP contribution in [0.2, 0.25) is 0 Å². The Labute approximate surface area is 145 Å². The molecule has 3 heterocycles. The van der Waals surface area contributed by atoms with Gasteiger partial charge in [0.05, 0.1) is 12.3 Å². The fraction of sp³-hybridized carbons (Fsp3) is 0.300. The summed E-state index contributed by atoms with van der Waals surface area (Å²) in [7, 11) is 3.74. The average Bonchev–Trinajstić information content (AvgIpc) is 3.20. The summed E-state index contributed by atoms with van der Waals surface area (Å²) in [6, 6.07) is 6.56. The van der Waals surface area contributed by atoms with Crippen LogP contribution >= 0.6 is 0 Å². The summed E-state index contributed by atoms with van der Waals surface area (Å²) < 4.78 is 7.29. The van der Waals surface area contributed by atoms with Crippen LogP contribution in [0, 0.1) is 0 Å². The van der Waals surface area contributed by atoms with Crippen LogP contribution in [-0.4, -0.2) is 33.0 Å². The van der Waals surface area contributed by atoms with Gasteiger partial charge in [-0.2, -0.15) is 5.10 Å². The highest BCUT2D eigenvalue weighted by Gasteiger charge is 2.32. The Bertz CT molecular complexity index is 1070. The van der Waals surface area contributed by atoms with Crippen molar-refractivity contribution >= 4 is 21.8 Å². The number of ether oxygens (including phenoxy) is 1. The van der Waals surface area contributed by atoms with Gasteiger partial charge in [-0.15, -0.1) is 0 Å². The van der Waals surface area contributed by atoms with Crippen LogP contribution < -0.4 is 0 Å². The molecule has 0 amide bonds. The zero-order valence-electron chi connectivity index (χ0n) is 14.4. The van der Waals surface area contributed by atoms with E-state index in [0.717, 1.165) is 24.1 Å². The van der Waals surface area contributed by atoms with E-state index in [1.807, 2.05) is 30.3 Å². The van der Waals surface area contributed by atoms with E-state index in [1.165, 1.54) is 27.3 Å². The van der Waals surface area contributed by atoms with E-state index in [-0.39, 0.29) is 0 Å². The summed E-state index contributed by atoms with van der Waals surface area (Å²) >= 11 is 0. The third kappa shape index (κ3) is 2.27. The molecule has 1 fully saturated rings. The zero-order chi connectivity index (χ0) is 17.0. The van der Waals surface area contributed by atoms with Crippen LogP contribution in [0.15, 0.2) is 43.0 Å². The van der Waals surface area contributed by atoms with E-state index < -0.39 is 0 Å². The van der Waals surface area contributed by atoms with Crippen LogP contribution in [0.4, 0.5) is 0 Å². The van der Waals surface area contributed by atoms with Crippen LogP contribution in [0.5, 0.6) is 0 Å². The second kappa shape index (κ2) is 5.43. The maximum atomic E-state index is 5.46. The van der Waals surface area contributed by atoms with Gasteiger partial charge < -0.3 is 9.72 Å². The molecular weight excluding hydrogens is 312 g/mol. The normalized spacial score (nSPS) is 20.2. The molecule has 0 spiro atoms. The van der Waals surface area contributed by atoms with Crippen LogP contribution in [0.1, 0.15) is 24.3 Å². The standard InChI is InChI=1S/C20H20N4O/c1-24-11-15(9-23-24)12-3-4-13-8-21-20-19(17(13)7-12)18(10-22-20)14-5-16(6-14)25-2/h3-4,7-11,14,16H,5-6H2,1-2H3,(H,21,22). The fourth-order valence-electron chi connectivity index (χ4n) is 3.92. The molecule has 0 saturated heterocycles. The number of fused-ring (bicyclic) bond motifs is 3. The number of H-pyrrole nitrogens is 1. The summed E-state index contributed by atoms with van der Waals surface area (Å²) in [5.41, 5.74) is 4.65. The molecule has 0 unspecified atom stereocenters. The number of nitrogens with one attached hydrogen (secondary N) is 1. The molecule has 0 radical (unpaired) electrons. The van der Waals surface area contributed by atoms with Crippen LogP contribution in [0.25, 0.3) is 32.9 Å². The maximum absolute atomic E-state index is 5.46. The van der Waals surface area contributed by atoms with Crippen LogP contribution in [-0.2, 0) is 11.8 Å². The van der Waals surface area contributed by atoms with Crippen molar-refractivity contribution in [1.82, 2.24) is 19.7 Å². The van der Waals surface area contributed by atoms with Crippen molar-refractivity contribution < 1.29 is 4.74 Å². The summed E-state index contributed by atoms with van der Waals surface area (Å²) in [5, 5.41) is 7.97. The largest absolute Gasteiger partial charge is 0.381 e. The van der Waals surface area contributed by atoms with Gasteiger partial charge in [0.25, 0.3) is 0 Å². The number of hydrogen-bond acceptors (Lipinski definition) is 3. The molecule has 5 heteroatoms. The first-order chi connectivity index (χ1) is 12.2. The molecule has 0 atom stereocenters. The zero-order valence-corrected chi connectivity index (χ0v) is 14.4. The topological polar surface area (TPSA) is 55.7 Å². The lowest BCUT2D eigenvalue weighted by molar-refractivity contribution is 0.0261. The van der Waals surface area contributed by atoms with Gasteiger partial charge in [-0.05, 0) is 41.3 Å². The second-order valence-electron chi connectivity index (χ2n) is 6.96. The molecule has 4 aromatic rings. The minimum absolute atomic E-state index is 0.392. The highest BCUT2D eigenvalue weighted by atomic mass is 16.5. The summed E-state index contributed by atoms with van der Waals surface area (Å²) in [5.74, 6) is 0.549. The molecule has 1 N–H and O–H groups in total. The van der Waals surface area contributed by atoms with Gasteiger partial charge >= 0.3 is 0 Å². The monoisotopic (exact) mass is 332 g/mol. The molecule has 0 aliphatic heterocycles. The van der Waals surface area contributed by atoms with E-state index in [0.29, 0.717) is 12.0 Å². The lowest BCUT2D eigenvalue weighted by Crippen LogP contribution is -2.28. The van der Waals surface area contributed by atoms with Gasteiger partial charge in [-0.25, -0.2) is 4.98 Å². The number of aryl methyl sites for hydroxylation is 1. The minimum atomic E-state index is 0.392. The van der Waals surface area contributed by atoms with E-state index >= 15 is 0 Å². The van der Waals surface area contributed by atoms with Crippen molar-refractivity contribution in [3.8, 4) is 11.1 Å². The Morgan fingerprint density at radius 3 is 2.84 bits per heavy atom. The molecule has 5 rings (SSSR count). The summed E-state index contributed by atoms with van der Waals surface area (Å²) in [6.45, 7) is 0. The number of nitrogens with zero attached hydrogens (tertiary/aromatic N) is 3. The van der Waals surface area contributed by atoms with E-state index in [9.17, 15) is 0 Å². The van der Waals surface area contributed by atoms with Gasteiger partial charge in [0.2, 0.25) is 0 Å². The molecule has 0 bridgehead atoms. The van der Waals surface area contributed by atoms with E-state index in [1.54, 1.807) is 7.11 Å². The molecule has 25 heavy (non-hydrogen) atoms. The van der Waals surface area contributed by atoms with E-state index in [4.69, 9.17) is 4.74 Å². The molecule has 1 aliphatic carbocycles. The SMILES string of the molecule is COC1CC(c2c[nH]c3ncc4ccc(-c5cnn(C)c5)cc4c23)C1. The number of benzene rings is 1. The first-order valence-corrected chi connectivity index (χ1v) is 8.64. The van der Waals surface area contributed by atoms with Crippen molar-refractivity contribution in [3.63, 3.8) is 0 Å². The lowest BCUT2D eigenvalue weighted by Gasteiger charge is -2.34. The van der Waals surface area contributed by atoms with Gasteiger partial charge in [0.15, 0.2) is 0 Å². The minimum Gasteiger partial charge on any atom is -0.381 e. The third-order valence-corrected chi connectivity index (χ3v) is 5.45. The van der Waals surface area contributed by atoms with Gasteiger partial charge in [-0.1, -0.05) is 12.1 Å². The average molecular weight is 332 g/mol. The Hall–Kier alpha value is -2.66. The molecule has 1 saturated carbocycles. The number of methoxy groups -OCH3 is 1. The lowest BCUT2D eigenvalue weighted by atomic mass is 9.77. The van der Waals surface area contributed by atoms with Gasteiger partial charge in [-0.3, -0.25) is 4.68 Å². The van der Waals surface area contributed by atoms with Gasteiger partial charge in [0.1, 0.15) is 5.65 Å². The smallest absolute Gasteiger partial charge is 0.138 e. The van der Waals surface area contributed by atoms with Crippen molar-refractivity contribution in [2.24, 2.45) is 7.05 Å². The van der Waals surface area contributed by atoms with Crippen LogP contribution in [0.3, 0.4) is 0 Å². The highest BCUT2D eigenvalue weighted by molar-refractivity contribution is 6.08. The van der Waals surface area contributed by atoms with Crippen molar-refractivity contribution in [1.29, 1.82) is 0 Å². The fourth-order valence-corrected chi connectivity index (χ4v) is 3.92. The Balaban J connectivity index is 1.68. The quantitative estimate of drug-likeness (QED) is 0.617. The highest BCUT2D eigenvalue weighted by Crippen LogP contribution is 2.43. The number of aromatic nitrogens is 4. The first-order valence-electron chi connectivity index (χ1n) is 8.64. The second-order valence-corrected chi connectivity index (χ2v) is 6.96. The molecule has 5 nitrogen and oxygen atoms in total.